The van der Waals surface area contributed by atoms with Gasteiger partial charge in [-0.05, 0) is 130 Å². The predicted molar refractivity (Wildman–Crippen MR) is 284 cm³/mol. The molecule has 5 aromatic rings. The number of aromatic amines is 2. The van der Waals surface area contributed by atoms with Crippen molar-refractivity contribution in [3.8, 4) is 45.3 Å². The van der Waals surface area contributed by atoms with Crippen LogP contribution in [0.1, 0.15) is 153 Å². The minimum Gasteiger partial charge on any atom is -0.493 e. The first-order valence-electron chi connectivity index (χ1n) is 24.7. The van der Waals surface area contributed by atoms with Crippen LogP contribution < -0.4 is 18.9 Å². The van der Waals surface area contributed by atoms with E-state index in [4.69, 9.17) is 28.9 Å². The van der Waals surface area contributed by atoms with Gasteiger partial charge in [0.2, 0.25) is 0 Å². The Morgan fingerprint density at radius 3 is 0.985 bits per heavy atom. The summed E-state index contributed by atoms with van der Waals surface area (Å²) in [6, 6.07) is 20.8. The van der Waals surface area contributed by atoms with Gasteiger partial charge in [0.25, 0.3) is 0 Å². The van der Waals surface area contributed by atoms with Crippen molar-refractivity contribution in [2.24, 2.45) is 0 Å². The Bertz CT molecular complexity index is 2370. The van der Waals surface area contributed by atoms with Gasteiger partial charge in [0.15, 0.2) is 0 Å². The normalized spacial score (nSPS) is 12.0. The predicted octanol–water partition coefficient (Wildman–Crippen LogP) is 17.4. The number of rotatable bonds is 26. The average molecular weight is 1020 g/mol. The van der Waals surface area contributed by atoms with Crippen molar-refractivity contribution in [1.82, 2.24) is 19.9 Å². The Labute approximate surface area is 409 Å². The highest BCUT2D eigenvalue weighted by Gasteiger charge is 2.24. The van der Waals surface area contributed by atoms with E-state index in [2.05, 4.69) is 142 Å². The molecule has 7 rings (SSSR count). The van der Waals surface area contributed by atoms with Crippen LogP contribution in [0.3, 0.4) is 0 Å². The average Bonchev–Trinajstić information content (AvgIpc) is 4.19. The van der Waals surface area contributed by atoms with Crippen LogP contribution in [0.2, 0.25) is 0 Å². The lowest BCUT2D eigenvalue weighted by molar-refractivity contribution is 0.292. The Balaban J connectivity index is 1.44. The molecule has 0 saturated heterocycles. The highest BCUT2D eigenvalue weighted by atomic mass is 79.9. The maximum Gasteiger partial charge on any atom is 0.131 e. The van der Waals surface area contributed by atoms with Crippen molar-refractivity contribution in [3.63, 3.8) is 0 Å². The van der Waals surface area contributed by atoms with Gasteiger partial charge in [-0.3, -0.25) is 0 Å². The monoisotopic (exact) mass is 1020 g/mol. The Kier molecular flexibility index (Phi) is 18.9. The summed E-state index contributed by atoms with van der Waals surface area (Å²) in [6.45, 7) is 11.4. The summed E-state index contributed by atoms with van der Waals surface area (Å²) in [4.78, 5) is 18.3. The highest BCUT2D eigenvalue weighted by Crippen LogP contribution is 2.46. The smallest absolute Gasteiger partial charge is 0.131 e. The van der Waals surface area contributed by atoms with Crippen molar-refractivity contribution in [3.05, 3.63) is 92.4 Å². The topological polar surface area (TPSA) is 94.3 Å². The number of nitrogens with zero attached hydrogens (tertiary/aromatic N) is 2. The maximum absolute atomic E-state index is 6.67. The van der Waals surface area contributed by atoms with Gasteiger partial charge in [0.1, 0.15) is 23.0 Å². The molecule has 66 heavy (non-hydrogen) atoms. The van der Waals surface area contributed by atoms with Crippen LogP contribution in [0.25, 0.3) is 68.6 Å². The minimum atomic E-state index is 0.621. The summed E-state index contributed by atoms with van der Waals surface area (Å²) >= 11 is 8.01. The molecule has 0 atom stereocenters. The van der Waals surface area contributed by atoms with Crippen LogP contribution >= 0.6 is 31.9 Å². The maximum atomic E-state index is 6.67. The molecule has 0 radical (unpaired) electrons. The number of nitrogens with one attached hydrogen (secondary N) is 2. The third kappa shape index (κ3) is 12.4. The molecular weight excluding hydrogens is 952 g/mol. The summed E-state index contributed by atoms with van der Waals surface area (Å²) in [6.07, 6.45) is 26.2. The van der Waals surface area contributed by atoms with E-state index in [-0.39, 0.29) is 0 Å². The SMILES string of the molecule is CCCCCCOc1cccc(OCCCCCC)c1-c1c2nc(c(Br)c3ccc([nH]3)c(-c3c(OCCCCCC)cccc3OCCCCCC)c3nc(c(Br)c4ccc1[nH]4)C=C3)C=C2. The number of ether oxygens (including phenoxy) is 4. The molecule has 8 bridgehead atoms. The van der Waals surface area contributed by atoms with E-state index < -0.39 is 0 Å². The van der Waals surface area contributed by atoms with E-state index in [9.17, 15) is 0 Å². The van der Waals surface area contributed by atoms with E-state index in [1.165, 1.54) is 51.4 Å². The van der Waals surface area contributed by atoms with Crippen molar-refractivity contribution in [2.45, 2.75) is 130 Å². The Morgan fingerprint density at radius 1 is 0.364 bits per heavy atom. The number of halogens is 2. The van der Waals surface area contributed by atoms with Crippen molar-refractivity contribution in [1.29, 1.82) is 0 Å². The van der Waals surface area contributed by atoms with Crippen LogP contribution in [0.4, 0.5) is 0 Å². The lowest BCUT2D eigenvalue weighted by atomic mass is 10.0. The lowest BCUT2D eigenvalue weighted by Crippen LogP contribution is -2.03. The molecule has 0 spiro atoms. The summed E-state index contributed by atoms with van der Waals surface area (Å²) in [5.74, 6) is 3.12. The molecule has 0 saturated carbocycles. The fourth-order valence-corrected chi connectivity index (χ4v) is 9.41. The third-order valence-corrected chi connectivity index (χ3v) is 13.8. The van der Waals surface area contributed by atoms with E-state index in [1.807, 2.05) is 12.1 Å². The fourth-order valence-electron chi connectivity index (χ4n) is 8.50. The van der Waals surface area contributed by atoms with Gasteiger partial charge in [-0.2, -0.15) is 0 Å². The van der Waals surface area contributed by atoms with E-state index >= 15 is 0 Å². The zero-order valence-corrected chi connectivity index (χ0v) is 42.7. The molecule has 10 heteroatoms. The fraction of sp³-hybridized carbons (Fsp3) is 0.429. The first-order chi connectivity index (χ1) is 32.4. The summed E-state index contributed by atoms with van der Waals surface area (Å²) in [7, 11) is 0. The van der Waals surface area contributed by atoms with Gasteiger partial charge >= 0.3 is 0 Å². The molecule has 3 aromatic heterocycles. The van der Waals surface area contributed by atoms with Crippen LogP contribution in [0, 0.1) is 0 Å². The number of hydrogen-bond acceptors (Lipinski definition) is 6. The lowest BCUT2D eigenvalue weighted by Gasteiger charge is -2.18. The van der Waals surface area contributed by atoms with Gasteiger partial charge in [0.05, 0.1) is 80.3 Å². The van der Waals surface area contributed by atoms with E-state index in [0.29, 0.717) is 26.4 Å². The molecule has 0 aliphatic carbocycles. The molecule has 5 heterocycles. The van der Waals surface area contributed by atoms with Gasteiger partial charge in [-0.25, -0.2) is 9.97 Å². The number of hydrogen-bond donors (Lipinski definition) is 2. The molecule has 2 aliphatic rings. The number of aromatic nitrogens is 4. The largest absolute Gasteiger partial charge is 0.493 e. The molecular formula is C56H68Br2N4O4. The van der Waals surface area contributed by atoms with Crippen molar-refractivity contribution < 1.29 is 18.9 Å². The second-order valence-electron chi connectivity index (χ2n) is 17.3. The zero-order chi connectivity index (χ0) is 46.1. The molecule has 2 N–H and O–H groups in total. The van der Waals surface area contributed by atoms with Gasteiger partial charge in [-0.15, -0.1) is 0 Å². The number of H-pyrrole nitrogens is 2. The molecule has 8 nitrogen and oxygen atoms in total. The van der Waals surface area contributed by atoms with Crippen LogP contribution in [-0.2, 0) is 0 Å². The van der Waals surface area contributed by atoms with E-state index in [0.717, 1.165) is 150 Å². The van der Waals surface area contributed by atoms with Gasteiger partial charge < -0.3 is 28.9 Å². The van der Waals surface area contributed by atoms with Gasteiger partial charge in [-0.1, -0.05) is 117 Å². The molecule has 0 fully saturated rings. The van der Waals surface area contributed by atoms with Crippen molar-refractivity contribution in [2.75, 3.05) is 26.4 Å². The second kappa shape index (κ2) is 25.4. The van der Waals surface area contributed by atoms with E-state index in [1.54, 1.807) is 0 Å². The minimum absolute atomic E-state index is 0.621. The van der Waals surface area contributed by atoms with Crippen molar-refractivity contribution >= 4 is 78.2 Å². The second-order valence-corrected chi connectivity index (χ2v) is 18.9. The summed E-state index contributed by atoms with van der Waals surface area (Å²) in [5, 5.41) is 0. The quantitative estimate of drug-likeness (QED) is 0.0525. The van der Waals surface area contributed by atoms with Crippen LogP contribution in [-0.4, -0.2) is 46.4 Å². The van der Waals surface area contributed by atoms with Gasteiger partial charge in [0, 0.05) is 22.2 Å². The number of benzene rings is 2. The first-order valence-corrected chi connectivity index (χ1v) is 26.3. The van der Waals surface area contributed by atoms with Crippen LogP contribution in [0.5, 0.6) is 23.0 Å². The Morgan fingerprint density at radius 2 is 0.667 bits per heavy atom. The molecule has 0 amide bonds. The Hall–Kier alpha value is -4.80. The molecule has 2 aliphatic heterocycles. The number of unbranched alkanes of at least 4 members (excludes halogenated alkanes) is 12. The molecule has 0 unspecified atom stereocenters. The highest BCUT2D eigenvalue weighted by molar-refractivity contribution is 9.11. The molecule has 2 aromatic carbocycles. The first kappa shape index (κ1) is 49.1. The summed E-state index contributed by atoms with van der Waals surface area (Å²) in [5.41, 5.74) is 10.3. The summed E-state index contributed by atoms with van der Waals surface area (Å²) < 4.78 is 28.4. The zero-order valence-electron chi connectivity index (χ0n) is 39.5. The third-order valence-electron chi connectivity index (χ3n) is 12.1. The number of fused-ring (bicyclic) bond motifs is 8. The molecule has 350 valence electrons. The van der Waals surface area contributed by atoms with Crippen LogP contribution in [0.15, 0.2) is 69.6 Å². The standard InChI is InChI=1S/C56H68Br2N4O4/c1-5-9-13-17-35-63-47-23-21-24-48(64-36-18-14-10-6-2)53(47)51-39-27-31-43(59-39)55(57)45-33-29-41(61-45)52(42-30-34-46(62-42)56(58)44-32-28-40(51)60-44)54-49(65-37-19-15-11-7-3)25-22-26-50(54)66-38-20-16-12-8-4/h21-34,59,62H,5-20,35-38H2,1-4H3.